The van der Waals surface area contributed by atoms with Crippen LogP contribution in [0.1, 0.15) is 24.0 Å². The standard InChI is InChI=1S/C17H19FO4S/c18-17-7-2-1-6-15(17)13-22-12-4-3-5-14-8-10-16(11-9-14)23(19,20)21/h1-2,6-11H,3-5,12-13H2,(H,19,20,21). The topological polar surface area (TPSA) is 63.6 Å². The van der Waals surface area contributed by atoms with E-state index >= 15 is 0 Å². The summed E-state index contributed by atoms with van der Waals surface area (Å²) >= 11 is 0. The summed E-state index contributed by atoms with van der Waals surface area (Å²) in [6.07, 6.45) is 2.49. The molecule has 2 aromatic rings. The van der Waals surface area contributed by atoms with Crippen LogP contribution in [-0.2, 0) is 27.9 Å². The molecule has 0 heterocycles. The third-order valence-electron chi connectivity index (χ3n) is 3.44. The van der Waals surface area contributed by atoms with E-state index in [1.54, 1.807) is 30.3 Å². The van der Waals surface area contributed by atoms with Crippen LogP contribution < -0.4 is 0 Å². The monoisotopic (exact) mass is 338 g/mol. The van der Waals surface area contributed by atoms with Gasteiger partial charge in [0.15, 0.2) is 0 Å². The first kappa shape index (κ1) is 17.6. The van der Waals surface area contributed by atoms with Gasteiger partial charge < -0.3 is 4.74 Å². The Labute approximate surface area is 135 Å². The lowest BCUT2D eigenvalue weighted by Crippen LogP contribution is -1.99. The van der Waals surface area contributed by atoms with E-state index in [4.69, 9.17) is 9.29 Å². The van der Waals surface area contributed by atoms with E-state index in [2.05, 4.69) is 0 Å². The highest BCUT2D eigenvalue weighted by atomic mass is 32.2. The second kappa shape index (κ2) is 8.19. The maximum Gasteiger partial charge on any atom is 0.294 e. The Morgan fingerprint density at radius 1 is 1.00 bits per heavy atom. The van der Waals surface area contributed by atoms with E-state index in [0.717, 1.165) is 24.8 Å². The van der Waals surface area contributed by atoms with Crippen molar-refractivity contribution in [3.05, 3.63) is 65.5 Å². The second-order valence-corrected chi connectivity index (χ2v) is 6.64. The van der Waals surface area contributed by atoms with Crippen molar-refractivity contribution < 1.29 is 22.1 Å². The summed E-state index contributed by atoms with van der Waals surface area (Å²) in [5.74, 6) is -0.258. The van der Waals surface area contributed by atoms with Gasteiger partial charge in [-0.1, -0.05) is 30.3 Å². The number of hydrogen-bond acceptors (Lipinski definition) is 3. The van der Waals surface area contributed by atoms with Crippen molar-refractivity contribution in [2.24, 2.45) is 0 Å². The van der Waals surface area contributed by atoms with Crippen LogP contribution in [0.15, 0.2) is 53.4 Å². The number of ether oxygens (including phenoxy) is 1. The molecule has 0 aliphatic carbocycles. The van der Waals surface area contributed by atoms with Gasteiger partial charge >= 0.3 is 0 Å². The zero-order valence-corrected chi connectivity index (χ0v) is 13.4. The average molecular weight is 338 g/mol. The fourth-order valence-electron chi connectivity index (χ4n) is 2.16. The Kier molecular flexibility index (Phi) is 6.27. The van der Waals surface area contributed by atoms with Gasteiger partial charge in [-0.2, -0.15) is 8.42 Å². The van der Waals surface area contributed by atoms with Crippen LogP contribution >= 0.6 is 0 Å². The van der Waals surface area contributed by atoms with Crippen LogP contribution in [-0.4, -0.2) is 19.6 Å². The van der Waals surface area contributed by atoms with Crippen LogP contribution in [0.5, 0.6) is 0 Å². The van der Waals surface area contributed by atoms with Crippen molar-refractivity contribution in [3.63, 3.8) is 0 Å². The van der Waals surface area contributed by atoms with Gasteiger partial charge in [-0.15, -0.1) is 0 Å². The molecule has 1 N–H and O–H groups in total. The van der Waals surface area contributed by atoms with E-state index in [1.165, 1.54) is 18.2 Å². The molecule has 0 atom stereocenters. The van der Waals surface area contributed by atoms with Crippen molar-refractivity contribution >= 4 is 10.1 Å². The van der Waals surface area contributed by atoms with Gasteiger partial charge in [0.05, 0.1) is 11.5 Å². The average Bonchev–Trinajstić information content (AvgIpc) is 2.52. The van der Waals surface area contributed by atoms with E-state index in [1.807, 2.05) is 0 Å². The third kappa shape index (κ3) is 5.74. The van der Waals surface area contributed by atoms with E-state index < -0.39 is 10.1 Å². The summed E-state index contributed by atoms with van der Waals surface area (Å²) in [5, 5.41) is 0. The summed E-state index contributed by atoms with van der Waals surface area (Å²) < 4.78 is 49.6. The summed E-state index contributed by atoms with van der Waals surface area (Å²) in [5.41, 5.74) is 1.54. The Morgan fingerprint density at radius 2 is 1.70 bits per heavy atom. The number of aryl methyl sites for hydroxylation is 1. The fourth-order valence-corrected chi connectivity index (χ4v) is 2.64. The smallest absolute Gasteiger partial charge is 0.294 e. The largest absolute Gasteiger partial charge is 0.377 e. The van der Waals surface area contributed by atoms with Crippen molar-refractivity contribution in [3.8, 4) is 0 Å². The number of rotatable bonds is 8. The Hall–Kier alpha value is -1.76. The van der Waals surface area contributed by atoms with Crippen LogP contribution in [0.25, 0.3) is 0 Å². The molecule has 0 spiro atoms. The van der Waals surface area contributed by atoms with E-state index in [-0.39, 0.29) is 17.3 Å². The molecule has 0 unspecified atom stereocenters. The Bertz CT molecular complexity index is 727. The molecule has 6 heteroatoms. The zero-order valence-electron chi connectivity index (χ0n) is 12.6. The van der Waals surface area contributed by atoms with Crippen LogP contribution in [0.2, 0.25) is 0 Å². The van der Waals surface area contributed by atoms with Gasteiger partial charge in [0.2, 0.25) is 0 Å². The quantitative estimate of drug-likeness (QED) is 0.590. The Morgan fingerprint density at radius 3 is 2.35 bits per heavy atom. The molecule has 4 nitrogen and oxygen atoms in total. The molecule has 2 aromatic carbocycles. The van der Waals surface area contributed by atoms with Crippen molar-refractivity contribution in [1.29, 1.82) is 0 Å². The molecule has 2 rings (SSSR count). The Balaban J connectivity index is 1.67. The predicted octanol–water partition coefficient (Wildman–Crippen LogP) is 3.61. The summed E-state index contributed by atoms with van der Waals surface area (Å²) in [7, 11) is -4.13. The van der Waals surface area contributed by atoms with E-state index in [9.17, 15) is 12.8 Å². The van der Waals surface area contributed by atoms with Gasteiger partial charge in [-0.3, -0.25) is 4.55 Å². The summed E-state index contributed by atoms with van der Waals surface area (Å²) in [6.45, 7) is 0.799. The molecule has 0 aliphatic heterocycles. The van der Waals surface area contributed by atoms with Crippen LogP contribution in [0.4, 0.5) is 4.39 Å². The lowest BCUT2D eigenvalue weighted by molar-refractivity contribution is 0.115. The number of benzene rings is 2. The van der Waals surface area contributed by atoms with Crippen molar-refractivity contribution in [1.82, 2.24) is 0 Å². The van der Waals surface area contributed by atoms with E-state index in [0.29, 0.717) is 12.2 Å². The highest BCUT2D eigenvalue weighted by molar-refractivity contribution is 7.85. The minimum absolute atomic E-state index is 0.102. The maximum absolute atomic E-state index is 13.4. The predicted molar refractivity (Wildman–Crippen MR) is 85.3 cm³/mol. The molecule has 0 saturated heterocycles. The highest BCUT2D eigenvalue weighted by Crippen LogP contribution is 2.12. The fraction of sp³-hybridized carbons (Fsp3) is 0.294. The molecule has 124 valence electrons. The molecule has 0 fully saturated rings. The first-order valence-corrected chi connectivity index (χ1v) is 8.78. The van der Waals surface area contributed by atoms with Crippen molar-refractivity contribution in [2.75, 3.05) is 6.61 Å². The zero-order chi connectivity index (χ0) is 16.7. The van der Waals surface area contributed by atoms with Gasteiger partial charge in [0, 0.05) is 12.2 Å². The van der Waals surface area contributed by atoms with Crippen LogP contribution in [0, 0.1) is 5.82 Å². The number of unbranched alkanes of at least 4 members (excludes halogenated alkanes) is 1. The van der Waals surface area contributed by atoms with Crippen LogP contribution in [0.3, 0.4) is 0 Å². The minimum Gasteiger partial charge on any atom is -0.377 e. The third-order valence-corrected chi connectivity index (χ3v) is 4.31. The van der Waals surface area contributed by atoms with Crippen molar-refractivity contribution in [2.45, 2.75) is 30.8 Å². The lowest BCUT2D eigenvalue weighted by atomic mass is 10.1. The van der Waals surface area contributed by atoms with Gasteiger partial charge in [-0.25, -0.2) is 4.39 Å². The molecule has 0 aliphatic rings. The molecule has 0 amide bonds. The first-order chi connectivity index (χ1) is 11.0. The summed E-state index contributed by atoms with van der Waals surface area (Å²) in [6, 6.07) is 12.7. The highest BCUT2D eigenvalue weighted by Gasteiger charge is 2.08. The second-order valence-electron chi connectivity index (χ2n) is 5.22. The lowest BCUT2D eigenvalue weighted by Gasteiger charge is -2.06. The molecular weight excluding hydrogens is 319 g/mol. The molecule has 0 radical (unpaired) electrons. The first-order valence-electron chi connectivity index (χ1n) is 7.34. The summed E-state index contributed by atoms with van der Waals surface area (Å²) in [4.78, 5) is -0.102. The normalized spacial score (nSPS) is 11.6. The molecular formula is C17H19FO4S. The number of halogens is 1. The molecule has 0 saturated carbocycles. The molecule has 23 heavy (non-hydrogen) atoms. The van der Waals surface area contributed by atoms with Gasteiger partial charge in [0.1, 0.15) is 5.82 Å². The molecule has 0 aromatic heterocycles. The minimum atomic E-state index is -4.13. The van der Waals surface area contributed by atoms with Gasteiger partial charge in [-0.05, 0) is 43.0 Å². The van der Waals surface area contributed by atoms with Gasteiger partial charge in [0.25, 0.3) is 10.1 Å². The maximum atomic E-state index is 13.4. The number of hydrogen-bond donors (Lipinski definition) is 1. The molecule has 0 bridgehead atoms. The SMILES string of the molecule is O=S(=O)(O)c1ccc(CCCCOCc2ccccc2F)cc1.